The second-order valence-electron chi connectivity index (χ2n) is 10.1. The van der Waals surface area contributed by atoms with Crippen molar-refractivity contribution in [3.05, 3.63) is 94.8 Å². The number of nitrogens with one attached hydrogen (secondary N) is 1. The Morgan fingerprint density at radius 1 is 0.897 bits per heavy atom. The first-order chi connectivity index (χ1) is 18.3. The number of amides is 2. The van der Waals surface area contributed by atoms with Gasteiger partial charge in [0.2, 0.25) is 11.8 Å². The van der Waals surface area contributed by atoms with Gasteiger partial charge in [0, 0.05) is 18.2 Å². The van der Waals surface area contributed by atoms with Gasteiger partial charge in [0.1, 0.15) is 18.4 Å². The first kappa shape index (κ1) is 29.8. The Morgan fingerprint density at radius 2 is 1.51 bits per heavy atom. The van der Waals surface area contributed by atoms with Gasteiger partial charge in [-0.05, 0) is 71.4 Å². The molecule has 0 radical (unpaired) electrons. The Hall–Kier alpha value is -3.72. The molecule has 0 saturated heterocycles. The fraction of sp³-hybridized carbons (Fsp3) is 0.333. The van der Waals surface area contributed by atoms with Crippen molar-refractivity contribution in [2.75, 3.05) is 10.8 Å². The predicted molar refractivity (Wildman–Crippen MR) is 151 cm³/mol. The molecular weight excluding hydrogens is 517 g/mol. The second-order valence-corrected chi connectivity index (χ2v) is 11.9. The third-order valence-corrected chi connectivity index (χ3v) is 8.18. The molecule has 39 heavy (non-hydrogen) atoms. The van der Waals surface area contributed by atoms with Gasteiger partial charge in [-0.1, -0.05) is 53.6 Å². The Labute approximate surface area is 230 Å². The van der Waals surface area contributed by atoms with E-state index in [4.69, 9.17) is 0 Å². The van der Waals surface area contributed by atoms with Crippen LogP contribution < -0.4 is 9.62 Å². The van der Waals surface area contributed by atoms with E-state index in [1.807, 2.05) is 19.9 Å². The summed E-state index contributed by atoms with van der Waals surface area (Å²) in [5, 5.41) is 2.78. The third-order valence-electron chi connectivity index (χ3n) is 6.41. The van der Waals surface area contributed by atoms with Gasteiger partial charge in [-0.2, -0.15) is 0 Å². The zero-order chi connectivity index (χ0) is 28.9. The minimum Gasteiger partial charge on any atom is -0.352 e. The number of carbonyl (C=O) groups excluding carboxylic acids is 2. The van der Waals surface area contributed by atoms with Crippen molar-refractivity contribution in [2.45, 2.75) is 65.1 Å². The highest BCUT2D eigenvalue weighted by atomic mass is 32.2. The molecule has 1 N–H and O–H groups in total. The molecule has 7 nitrogen and oxygen atoms in total. The number of hydrogen-bond acceptors (Lipinski definition) is 4. The maximum Gasteiger partial charge on any atom is 0.264 e. The molecule has 9 heteroatoms. The molecule has 1 atom stereocenters. The van der Waals surface area contributed by atoms with E-state index in [9.17, 15) is 22.4 Å². The van der Waals surface area contributed by atoms with E-state index in [2.05, 4.69) is 5.32 Å². The lowest BCUT2D eigenvalue weighted by Gasteiger charge is -2.33. The van der Waals surface area contributed by atoms with Crippen LogP contribution in [-0.2, 0) is 26.2 Å². The van der Waals surface area contributed by atoms with Crippen LogP contribution in [0.5, 0.6) is 0 Å². The van der Waals surface area contributed by atoms with Gasteiger partial charge in [0.25, 0.3) is 10.0 Å². The van der Waals surface area contributed by atoms with E-state index in [1.54, 1.807) is 58.0 Å². The molecule has 0 aliphatic rings. The summed E-state index contributed by atoms with van der Waals surface area (Å²) in [7, 11) is -4.17. The average molecular weight is 554 g/mol. The zero-order valence-corrected chi connectivity index (χ0v) is 24.0. The van der Waals surface area contributed by atoms with Crippen molar-refractivity contribution < 1.29 is 22.4 Å². The fourth-order valence-electron chi connectivity index (χ4n) is 4.23. The van der Waals surface area contributed by atoms with E-state index in [-0.39, 0.29) is 23.0 Å². The fourth-order valence-corrected chi connectivity index (χ4v) is 5.71. The van der Waals surface area contributed by atoms with E-state index >= 15 is 0 Å². The summed E-state index contributed by atoms with van der Waals surface area (Å²) in [5.74, 6) is -1.58. The lowest BCUT2D eigenvalue weighted by molar-refractivity contribution is -0.139. The predicted octanol–water partition coefficient (Wildman–Crippen LogP) is 4.89. The number of anilines is 1. The molecule has 3 aromatic rings. The summed E-state index contributed by atoms with van der Waals surface area (Å²) in [6, 6.07) is 16.5. The van der Waals surface area contributed by atoms with Gasteiger partial charge in [-0.15, -0.1) is 0 Å². The summed E-state index contributed by atoms with van der Waals surface area (Å²) in [6.07, 6.45) is 0. The summed E-state index contributed by atoms with van der Waals surface area (Å²) < 4.78 is 43.5. The minimum absolute atomic E-state index is 0.0344. The van der Waals surface area contributed by atoms with Crippen LogP contribution in [0.4, 0.5) is 10.1 Å². The van der Waals surface area contributed by atoms with E-state index in [1.165, 1.54) is 35.2 Å². The number of carbonyl (C=O) groups is 2. The van der Waals surface area contributed by atoms with Crippen molar-refractivity contribution in [3.63, 3.8) is 0 Å². The molecule has 0 aliphatic carbocycles. The molecule has 0 unspecified atom stereocenters. The van der Waals surface area contributed by atoms with Crippen LogP contribution in [0.25, 0.3) is 0 Å². The third kappa shape index (κ3) is 7.23. The molecule has 0 fully saturated rings. The molecule has 208 valence electrons. The molecule has 0 aliphatic heterocycles. The van der Waals surface area contributed by atoms with Gasteiger partial charge in [0.05, 0.1) is 10.6 Å². The zero-order valence-electron chi connectivity index (χ0n) is 23.2. The van der Waals surface area contributed by atoms with Crippen molar-refractivity contribution in [1.82, 2.24) is 10.2 Å². The normalized spacial score (nSPS) is 12.2. The standard InChI is InChI=1S/C30H36FN3O4S/c1-20(2)32-30(36)24(6)33(18-25-9-7-8-10-27(25)31)29(35)19-34(28-16-13-22(4)17-23(28)5)39(37,38)26-14-11-21(3)12-15-26/h7-17,20,24H,18-19H2,1-6H3,(H,32,36)/t24-/m0/s1. The van der Waals surface area contributed by atoms with Crippen LogP contribution in [0.1, 0.15) is 43.0 Å². The van der Waals surface area contributed by atoms with Crippen molar-refractivity contribution >= 4 is 27.5 Å². The number of hydrogen-bond donors (Lipinski definition) is 1. The molecule has 3 rings (SSSR count). The van der Waals surface area contributed by atoms with Crippen LogP contribution in [0, 0.1) is 26.6 Å². The Morgan fingerprint density at radius 3 is 2.10 bits per heavy atom. The molecule has 0 bridgehead atoms. The first-order valence-electron chi connectivity index (χ1n) is 12.8. The first-order valence-corrected chi connectivity index (χ1v) is 14.2. The number of sulfonamides is 1. The van der Waals surface area contributed by atoms with Crippen LogP contribution in [0.15, 0.2) is 71.6 Å². The van der Waals surface area contributed by atoms with Crippen LogP contribution in [-0.4, -0.2) is 43.8 Å². The quantitative estimate of drug-likeness (QED) is 0.387. The Balaban J connectivity index is 2.08. The average Bonchev–Trinajstić information content (AvgIpc) is 2.86. The van der Waals surface area contributed by atoms with Crippen molar-refractivity contribution in [2.24, 2.45) is 0 Å². The summed E-state index contributed by atoms with van der Waals surface area (Å²) >= 11 is 0. The molecule has 0 heterocycles. The van der Waals surface area contributed by atoms with Gasteiger partial charge in [-0.25, -0.2) is 12.8 Å². The molecule has 0 aromatic heterocycles. The summed E-state index contributed by atoms with van der Waals surface area (Å²) in [5.41, 5.74) is 3.07. The monoisotopic (exact) mass is 553 g/mol. The van der Waals surface area contributed by atoms with Crippen molar-refractivity contribution in [1.29, 1.82) is 0 Å². The van der Waals surface area contributed by atoms with Crippen molar-refractivity contribution in [3.8, 4) is 0 Å². The van der Waals surface area contributed by atoms with Gasteiger partial charge in [-0.3, -0.25) is 13.9 Å². The number of rotatable bonds is 10. The maximum atomic E-state index is 14.6. The lowest BCUT2D eigenvalue weighted by Crippen LogP contribution is -2.52. The molecule has 2 amide bonds. The van der Waals surface area contributed by atoms with Gasteiger partial charge >= 0.3 is 0 Å². The number of halogens is 1. The van der Waals surface area contributed by atoms with E-state index < -0.39 is 40.2 Å². The summed E-state index contributed by atoms with van der Waals surface area (Å²) in [4.78, 5) is 28.1. The lowest BCUT2D eigenvalue weighted by atomic mass is 10.1. The number of aryl methyl sites for hydroxylation is 3. The maximum absolute atomic E-state index is 14.6. The van der Waals surface area contributed by atoms with E-state index in [0.29, 0.717) is 11.3 Å². The Bertz CT molecular complexity index is 1440. The summed E-state index contributed by atoms with van der Waals surface area (Å²) in [6.45, 7) is 9.88. The molecule has 0 saturated carbocycles. The topological polar surface area (TPSA) is 86.8 Å². The molecule has 0 spiro atoms. The highest BCUT2D eigenvalue weighted by Gasteiger charge is 2.33. The van der Waals surface area contributed by atoms with Crippen LogP contribution in [0.3, 0.4) is 0 Å². The second kappa shape index (κ2) is 12.4. The van der Waals surface area contributed by atoms with Crippen LogP contribution in [0.2, 0.25) is 0 Å². The highest BCUT2D eigenvalue weighted by molar-refractivity contribution is 7.92. The smallest absolute Gasteiger partial charge is 0.264 e. The van der Waals surface area contributed by atoms with Gasteiger partial charge < -0.3 is 10.2 Å². The largest absolute Gasteiger partial charge is 0.352 e. The number of nitrogens with zero attached hydrogens (tertiary/aromatic N) is 2. The van der Waals surface area contributed by atoms with Crippen LogP contribution >= 0.6 is 0 Å². The minimum atomic E-state index is -4.17. The SMILES string of the molecule is Cc1ccc(S(=O)(=O)N(CC(=O)N(Cc2ccccc2F)[C@@H](C)C(=O)NC(C)C)c2ccc(C)cc2C)cc1. The van der Waals surface area contributed by atoms with Gasteiger partial charge in [0.15, 0.2) is 0 Å². The van der Waals surface area contributed by atoms with E-state index in [0.717, 1.165) is 15.4 Å². The molecular formula is C30H36FN3O4S. The number of benzene rings is 3. The molecule has 3 aromatic carbocycles. The highest BCUT2D eigenvalue weighted by Crippen LogP contribution is 2.28. The Kier molecular flexibility index (Phi) is 9.50.